The Morgan fingerprint density at radius 3 is 3.12 bits per heavy atom. The van der Waals surface area contributed by atoms with Crippen LogP contribution >= 0.6 is 11.6 Å². The van der Waals surface area contributed by atoms with Gasteiger partial charge < -0.3 is 15.4 Å². The molecule has 1 heterocycles. The van der Waals surface area contributed by atoms with Crippen LogP contribution in [-0.2, 0) is 0 Å². The lowest BCUT2D eigenvalue weighted by molar-refractivity contribution is 0.197. The van der Waals surface area contributed by atoms with Crippen molar-refractivity contribution in [2.45, 2.75) is 12.5 Å². The van der Waals surface area contributed by atoms with E-state index < -0.39 is 6.09 Å². The molecule has 0 aliphatic carbocycles. The van der Waals surface area contributed by atoms with E-state index >= 15 is 0 Å². The lowest BCUT2D eigenvalue weighted by atomic mass is 10.3. The number of carbonyl (C=O) groups is 1. The summed E-state index contributed by atoms with van der Waals surface area (Å²) < 4.78 is 5.09. The molecule has 5 heteroatoms. The summed E-state index contributed by atoms with van der Waals surface area (Å²) in [5, 5.41) is 6.49. The van der Waals surface area contributed by atoms with E-state index in [9.17, 15) is 4.79 Å². The Bertz CT molecular complexity index is 378. The second-order valence-corrected chi connectivity index (χ2v) is 4.12. The van der Waals surface area contributed by atoms with Crippen molar-refractivity contribution in [3.05, 3.63) is 29.3 Å². The first-order valence-corrected chi connectivity index (χ1v) is 5.56. The maximum Gasteiger partial charge on any atom is 0.412 e. The molecule has 0 bridgehead atoms. The SMILES string of the molecule is O=C(NC1CCNC1)Oc1cccc(Cl)c1. The number of benzene rings is 1. The molecule has 1 atom stereocenters. The van der Waals surface area contributed by atoms with E-state index in [1.807, 2.05) is 0 Å². The molecule has 4 nitrogen and oxygen atoms in total. The summed E-state index contributed by atoms with van der Waals surface area (Å²) in [5.74, 6) is 0.455. The van der Waals surface area contributed by atoms with Crippen LogP contribution in [0.25, 0.3) is 0 Å². The highest BCUT2D eigenvalue weighted by molar-refractivity contribution is 6.30. The van der Waals surface area contributed by atoms with Crippen molar-refractivity contribution in [1.82, 2.24) is 10.6 Å². The third-order valence-corrected chi connectivity index (χ3v) is 2.62. The van der Waals surface area contributed by atoms with Crippen molar-refractivity contribution in [2.24, 2.45) is 0 Å². The number of rotatable bonds is 2. The topological polar surface area (TPSA) is 50.4 Å². The van der Waals surface area contributed by atoms with Crippen molar-refractivity contribution in [2.75, 3.05) is 13.1 Å². The molecule has 16 heavy (non-hydrogen) atoms. The van der Waals surface area contributed by atoms with Gasteiger partial charge in [-0.05, 0) is 31.2 Å². The predicted molar refractivity (Wildman–Crippen MR) is 61.9 cm³/mol. The monoisotopic (exact) mass is 240 g/mol. The van der Waals surface area contributed by atoms with E-state index in [4.69, 9.17) is 16.3 Å². The van der Waals surface area contributed by atoms with Gasteiger partial charge >= 0.3 is 6.09 Å². The van der Waals surface area contributed by atoms with Crippen molar-refractivity contribution in [3.63, 3.8) is 0 Å². The number of hydrogen-bond donors (Lipinski definition) is 2. The Kier molecular flexibility index (Phi) is 3.64. The van der Waals surface area contributed by atoms with Gasteiger partial charge in [-0.15, -0.1) is 0 Å². The highest BCUT2D eigenvalue weighted by Crippen LogP contribution is 2.17. The van der Waals surface area contributed by atoms with Crippen LogP contribution in [0.2, 0.25) is 5.02 Å². The summed E-state index contributed by atoms with van der Waals surface area (Å²) in [6.07, 6.45) is 0.501. The average molecular weight is 241 g/mol. The maximum atomic E-state index is 11.5. The summed E-state index contributed by atoms with van der Waals surface area (Å²) in [6.45, 7) is 1.73. The van der Waals surface area contributed by atoms with Crippen LogP contribution in [0.15, 0.2) is 24.3 Å². The van der Waals surface area contributed by atoms with E-state index in [1.54, 1.807) is 24.3 Å². The van der Waals surface area contributed by atoms with E-state index in [0.29, 0.717) is 10.8 Å². The molecule has 1 amide bonds. The Balaban J connectivity index is 1.86. The Morgan fingerprint density at radius 2 is 2.44 bits per heavy atom. The number of nitrogens with one attached hydrogen (secondary N) is 2. The van der Waals surface area contributed by atoms with Gasteiger partial charge in [0.2, 0.25) is 0 Å². The minimum Gasteiger partial charge on any atom is -0.410 e. The fourth-order valence-corrected chi connectivity index (χ4v) is 1.79. The van der Waals surface area contributed by atoms with Gasteiger partial charge in [0.1, 0.15) is 5.75 Å². The Labute approximate surface area is 98.9 Å². The van der Waals surface area contributed by atoms with Crippen molar-refractivity contribution in [3.8, 4) is 5.75 Å². The first-order valence-electron chi connectivity index (χ1n) is 5.19. The third kappa shape index (κ3) is 3.12. The quantitative estimate of drug-likeness (QED) is 0.829. The minimum absolute atomic E-state index is 0.159. The minimum atomic E-state index is -0.434. The van der Waals surface area contributed by atoms with Crippen LogP contribution in [0, 0.1) is 0 Å². The van der Waals surface area contributed by atoms with Gasteiger partial charge in [0.25, 0.3) is 0 Å². The normalized spacial score (nSPS) is 19.4. The molecular weight excluding hydrogens is 228 g/mol. The van der Waals surface area contributed by atoms with Crippen LogP contribution in [0.1, 0.15) is 6.42 Å². The highest BCUT2D eigenvalue weighted by atomic mass is 35.5. The number of ether oxygens (including phenoxy) is 1. The molecule has 2 rings (SSSR count). The molecule has 0 saturated carbocycles. The second-order valence-electron chi connectivity index (χ2n) is 3.68. The first kappa shape index (κ1) is 11.2. The fourth-order valence-electron chi connectivity index (χ4n) is 1.61. The number of carbonyl (C=O) groups excluding carboxylic acids is 1. The average Bonchev–Trinajstić information content (AvgIpc) is 2.70. The second kappa shape index (κ2) is 5.18. The van der Waals surface area contributed by atoms with Crippen LogP contribution in [-0.4, -0.2) is 25.2 Å². The zero-order chi connectivity index (χ0) is 11.4. The lowest BCUT2D eigenvalue weighted by Crippen LogP contribution is -2.38. The van der Waals surface area contributed by atoms with Crippen LogP contribution < -0.4 is 15.4 Å². The van der Waals surface area contributed by atoms with Crippen molar-refractivity contribution >= 4 is 17.7 Å². The molecule has 1 unspecified atom stereocenters. The third-order valence-electron chi connectivity index (χ3n) is 2.39. The molecule has 1 aromatic carbocycles. The van der Waals surface area contributed by atoms with Gasteiger partial charge in [-0.1, -0.05) is 17.7 Å². The molecule has 2 N–H and O–H groups in total. The Hall–Kier alpha value is -1.26. The molecule has 1 saturated heterocycles. The van der Waals surface area contributed by atoms with Crippen LogP contribution in [0.5, 0.6) is 5.75 Å². The van der Waals surface area contributed by atoms with Gasteiger partial charge in [-0.25, -0.2) is 4.79 Å². The van der Waals surface area contributed by atoms with E-state index in [0.717, 1.165) is 19.5 Å². The molecule has 0 aromatic heterocycles. The number of halogens is 1. The van der Waals surface area contributed by atoms with Gasteiger partial charge in [-0.3, -0.25) is 0 Å². The van der Waals surface area contributed by atoms with E-state index in [-0.39, 0.29) is 6.04 Å². The molecule has 1 fully saturated rings. The number of hydrogen-bond acceptors (Lipinski definition) is 3. The molecule has 0 spiro atoms. The summed E-state index contributed by atoms with van der Waals surface area (Å²) >= 11 is 5.78. The predicted octanol–water partition coefficient (Wildman–Crippen LogP) is 1.79. The van der Waals surface area contributed by atoms with Gasteiger partial charge in [0, 0.05) is 17.6 Å². The molecule has 1 aliphatic heterocycles. The molecular formula is C11H13ClN2O2. The van der Waals surface area contributed by atoms with E-state index in [2.05, 4.69) is 10.6 Å². The zero-order valence-corrected chi connectivity index (χ0v) is 9.46. The van der Waals surface area contributed by atoms with E-state index in [1.165, 1.54) is 0 Å². The fraction of sp³-hybridized carbons (Fsp3) is 0.364. The van der Waals surface area contributed by atoms with Gasteiger partial charge in [0.15, 0.2) is 0 Å². The summed E-state index contributed by atoms with van der Waals surface area (Å²) in [5.41, 5.74) is 0. The van der Waals surface area contributed by atoms with Gasteiger partial charge in [-0.2, -0.15) is 0 Å². The standard InChI is InChI=1S/C11H13ClN2O2/c12-8-2-1-3-10(6-8)16-11(15)14-9-4-5-13-7-9/h1-3,6,9,13H,4-5,7H2,(H,14,15). The van der Waals surface area contributed by atoms with Crippen LogP contribution in [0.4, 0.5) is 4.79 Å². The molecule has 1 aromatic rings. The summed E-state index contributed by atoms with van der Waals surface area (Å²) in [4.78, 5) is 11.5. The molecule has 1 aliphatic rings. The van der Waals surface area contributed by atoms with Gasteiger partial charge in [0.05, 0.1) is 0 Å². The number of amides is 1. The maximum absolute atomic E-state index is 11.5. The van der Waals surface area contributed by atoms with Crippen molar-refractivity contribution in [1.29, 1.82) is 0 Å². The van der Waals surface area contributed by atoms with Crippen LogP contribution in [0.3, 0.4) is 0 Å². The summed E-state index contributed by atoms with van der Waals surface area (Å²) in [7, 11) is 0. The summed E-state index contributed by atoms with van der Waals surface area (Å²) in [6, 6.07) is 6.92. The van der Waals surface area contributed by atoms with Crippen molar-refractivity contribution < 1.29 is 9.53 Å². The zero-order valence-electron chi connectivity index (χ0n) is 8.70. The first-order chi connectivity index (χ1) is 7.74. The Morgan fingerprint density at radius 1 is 1.56 bits per heavy atom. The lowest BCUT2D eigenvalue weighted by Gasteiger charge is -2.11. The molecule has 0 radical (unpaired) electrons. The molecule has 86 valence electrons. The smallest absolute Gasteiger partial charge is 0.410 e. The highest BCUT2D eigenvalue weighted by Gasteiger charge is 2.17. The largest absolute Gasteiger partial charge is 0.412 e.